The fraction of sp³-hybridized carbons (Fsp3) is 0. The molecule has 0 saturated heterocycles. The lowest BCUT2D eigenvalue weighted by atomic mass is 9.84. The molecule has 0 aliphatic carbocycles. The second kappa shape index (κ2) is 14.0. The lowest BCUT2D eigenvalue weighted by molar-refractivity contribution is 1.25. The first-order valence-corrected chi connectivity index (χ1v) is 20.6. The summed E-state index contributed by atoms with van der Waals surface area (Å²) in [6, 6.07) is 85.3. The number of fused-ring (bicyclic) bond motifs is 3. The molecule has 55 heavy (non-hydrogen) atoms. The third-order valence-electron chi connectivity index (χ3n) is 11.0. The van der Waals surface area contributed by atoms with E-state index in [0.29, 0.717) is 0 Å². The van der Waals surface area contributed by atoms with Crippen LogP contribution in [0.4, 0.5) is 0 Å². The van der Waals surface area contributed by atoms with E-state index in [2.05, 4.69) is 231 Å². The first kappa shape index (κ1) is 32.9. The molecular formula is C54H38S. The van der Waals surface area contributed by atoms with Crippen LogP contribution >= 0.6 is 10.0 Å². The number of hydrogen-bond acceptors (Lipinski definition) is 0. The number of rotatable bonds is 7. The third kappa shape index (κ3) is 5.55. The Morgan fingerprint density at radius 1 is 0.236 bits per heavy atom. The van der Waals surface area contributed by atoms with Crippen molar-refractivity contribution in [2.75, 3.05) is 0 Å². The van der Waals surface area contributed by atoms with E-state index in [1.165, 1.54) is 85.3 Å². The minimum Gasteiger partial charge on any atom is -0.133 e. The van der Waals surface area contributed by atoms with Crippen LogP contribution in [0.2, 0.25) is 0 Å². The molecule has 0 saturated carbocycles. The summed E-state index contributed by atoms with van der Waals surface area (Å²) in [6.45, 7) is 0. The van der Waals surface area contributed by atoms with Crippen molar-refractivity contribution in [3.8, 4) is 33.4 Å². The fourth-order valence-corrected chi connectivity index (χ4v) is 12.4. The Bertz CT molecular complexity index is 2830. The van der Waals surface area contributed by atoms with Crippen LogP contribution in [0.3, 0.4) is 0 Å². The van der Waals surface area contributed by atoms with Crippen LogP contribution < -0.4 is 0 Å². The fourth-order valence-electron chi connectivity index (χ4n) is 8.54. The summed E-state index contributed by atoms with van der Waals surface area (Å²) in [5.41, 5.74) is 7.45. The number of hydrogen-bond donors (Lipinski definition) is 0. The van der Waals surface area contributed by atoms with E-state index in [9.17, 15) is 0 Å². The molecule has 0 bridgehead atoms. The van der Waals surface area contributed by atoms with E-state index in [0.717, 1.165) is 0 Å². The maximum atomic E-state index is 2.54. The molecule has 0 atom stereocenters. The zero-order valence-electron chi connectivity index (χ0n) is 30.3. The minimum absolute atomic E-state index is 1.21. The summed E-state index contributed by atoms with van der Waals surface area (Å²) in [4.78, 5) is 5.26. The molecule has 0 amide bonds. The van der Waals surface area contributed by atoms with Gasteiger partial charge in [-0.05, 0) is 114 Å². The van der Waals surface area contributed by atoms with Gasteiger partial charge in [0.05, 0.1) is 0 Å². The Morgan fingerprint density at radius 2 is 0.673 bits per heavy atom. The maximum absolute atomic E-state index is 2.54. The van der Waals surface area contributed by atoms with Gasteiger partial charge in [-0.15, -0.1) is 10.0 Å². The first-order valence-electron chi connectivity index (χ1n) is 18.9. The Balaban J connectivity index is 1.35. The normalized spacial score (nSPS) is 11.9. The molecule has 0 aromatic heterocycles. The van der Waals surface area contributed by atoms with E-state index in [4.69, 9.17) is 0 Å². The predicted octanol–water partition coefficient (Wildman–Crippen LogP) is 15.5. The Kier molecular flexibility index (Phi) is 8.36. The highest BCUT2D eigenvalue weighted by Gasteiger charge is 2.34. The van der Waals surface area contributed by atoms with Crippen molar-refractivity contribution >= 4 is 42.3 Å². The van der Waals surface area contributed by atoms with Crippen LogP contribution in [0.1, 0.15) is 0 Å². The Morgan fingerprint density at radius 3 is 1.27 bits per heavy atom. The van der Waals surface area contributed by atoms with Gasteiger partial charge in [-0.1, -0.05) is 182 Å². The average Bonchev–Trinajstić information content (AvgIpc) is 3.27. The van der Waals surface area contributed by atoms with Crippen LogP contribution in [0.15, 0.2) is 250 Å². The summed E-state index contributed by atoms with van der Waals surface area (Å²) >= 11 is 0. The largest absolute Gasteiger partial charge is 0.133 e. The smallest absolute Gasteiger partial charge is 0.00295 e. The molecule has 0 heterocycles. The highest BCUT2D eigenvalue weighted by molar-refractivity contribution is 8.34. The molecule has 0 spiro atoms. The van der Waals surface area contributed by atoms with E-state index in [-0.39, 0.29) is 0 Å². The zero-order chi connectivity index (χ0) is 36.6. The Hall–Kier alpha value is -6.67. The first-order chi connectivity index (χ1) is 27.3. The SMILES string of the molecule is c1ccc(-c2ccc(-c3c4ccccc4c(-c4cccc5ccccc45)c4cc(S(c5ccccc5)(c5ccccc5)c5ccccc5)ccc34)cc2)cc1. The molecule has 1 heteroatoms. The van der Waals surface area contributed by atoms with Gasteiger partial charge in [0.25, 0.3) is 0 Å². The van der Waals surface area contributed by atoms with Crippen LogP contribution in [-0.2, 0) is 0 Å². The summed E-state index contributed by atoms with van der Waals surface area (Å²) in [5, 5.41) is 7.52. The molecule has 10 aromatic carbocycles. The van der Waals surface area contributed by atoms with E-state index in [1.54, 1.807) is 0 Å². The second-order valence-corrected chi connectivity index (χ2v) is 17.1. The standard InChI is InChI=1S/C54H38S/c1-5-18-39(19-6-1)40-32-34-42(35-33-40)53-49-29-15-16-30-50(49)54(48-31-17-21-41-20-13-14-28-47(41)48)52-38-46(36-37-51(52)53)55(43-22-7-2-8-23-43,44-24-9-3-10-25-44)45-26-11-4-12-27-45/h1-38H. The molecule has 0 radical (unpaired) electrons. The van der Waals surface area contributed by atoms with Crippen LogP contribution in [0, 0.1) is 0 Å². The molecule has 260 valence electrons. The quantitative estimate of drug-likeness (QED) is 0.144. The van der Waals surface area contributed by atoms with Gasteiger partial charge in [0.1, 0.15) is 0 Å². The molecule has 0 N–H and O–H groups in total. The molecule has 0 aliphatic heterocycles. The molecule has 10 rings (SSSR count). The van der Waals surface area contributed by atoms with Crippen molar-refractivity contribution in [3.63, 3.8) is 0 Å². The van der Waals surface area contributed by atoms with Crippen molar-refractivity contribution in [2.24, 2.45) is 0 Å². The topological polar surface area (TPSA) is 0 Å². The summed E-state index contributed by atoms with van der Waals surface area (Å²) in [5.74, 6) is 0. The van der Waals surface area contributed by atoms with Crippen molar-refractivity contribution in [1.29, 1.82) is 0 Å². The summed E-state index contributed by atoms with van der Waals surface area (Å²) in [6.07, 6.45) is 0. The van der Waals surface area contributed by atoms with Gasteiger partial charge in [0.2, 0.25) is 0 Å². The van der Waals surface area contributed by atoms with Gasteiger partial charge < -0.3 is 0 Å². The predicted molar refractivity (Wildman–Crippen MR) is 235 cm³/mol. The third-order valence-corrected chi connectivity index (χ3v) is 14.9. The van der Waals surface area contributed by atoms with E-state index in [1.807, 2.05) is 0 Å². The maximum Gasteiger partial charge on any atom is 0.00295 e. The van der Waals surface area contributed by atoms with Crippen LogP contribution in [0.25, 0.3) is 65.7 Å². The van der Waals surface area contributed by atoms with Crippen LogP contribution in [0.5, 0.6) is 0 Å². The summed E-state index contributed by atoms with van der Waals surface area (Å²) in [7, 11) is -1.91. The van der Waals surface area contributed by atoms with Crippen molar-refractivity contribution in [1.82, 2.24) is 0 Å². The van der Waals surface area contributed by atoms with Gasteiger partial charge in [-0.25, -0.2) is 0 Å². The molecule has 10 aromatic rings. The molecule has 0 fully saturated rings. The van der Waals surface area contributed by atoms with Gasteiger partial charge in [0, 0.05) is 19.6 Å². The molecule has 0 unspecified atom stereocenters. The highest BCUT2D eigenvalue weighted by Crippen LogP contribution is 2.73. The lowest BCUT2D eigenvalue weighted by Crippen LogP contribution is -2.05. The highest BCUT2D eigenvalue weighted by atomic mass is 32.3. The van der Waals surface area contributed by atoms with Gasteiger partial charge in [0.15, 0.2) is 0 Å². The minimum atomic E-state index is -1.91. The monoisotopic (exact) mass is 718 g/mol. The van der Waals surface area contributed by atoms with Gasteiger partial charge in [-0.2, -0.15) is 0 Å². The molecule has 0 nitrogen and oxygen atoms in total. The average molecular weight is 719 g/mol. The van der Waals surface area contributed by atoms with Crippen molar-refractivity contribution in [3.05, 3.63) is 231 Å². The van der Waals surface area contributed by atoms with Gasteiger partial charge in [-0.3, -0.25) is 0 Å². The second-order valence-electron chi connectivity index (χ2n) is 14.0. The molecular weight excluding hydrogens is 681 g/mol. The zero-order valence-corrected chi connectivity index (χ0v) is 31.2. The Labute approximate surface area is 324 Å². The number of benzene rings is 10. The van der Waals surface area contributed by atoms with Crippen molar-refractivity contribution < 1.29 is 0 Å². The van der Waals surface area contributed by atoms with E-state index < -0.39 is 10.0 Å². The lowest BCUT2D eigenvalue weighted by Gasteiger charge is -2.42. The molecule has 0 aliphatic rings. The summed E-state index contributed by atoms with van der Waals surface area (Å²) < 4.78 is 0. The van der Waals surface area contributed by atoms with Crippen LogP contribution in [-0.4, -0.2) is 0 Å². The van der Waals surface area contributed by atoms with E-state index >= 15 is 0 Å². The van der Waals surface area contributed by atoms with Crippen molar-refractivity contribution in [2.45, 2.75) is 19.6 Å². The van der Waals surface area contributed by atoms with Gasteiger partial charge >= 0.3 is 0 Å².